The molecule has 1 heterocycles. The fourth-order valence-corrected chi connectivity index (χ4v) is 3.53. The fourth-order valence-electron chi connectivity index (χ4n) is 3.31. The predicted molar refractivity (Wildman–Crippen MR) is 99.1 cm³/mol. The van der Waals surface area contributed by atoms with E-state index in [1.54, 1.807) is 24.3 Å². The highest BCUT2D eigenvalue weighted by atomic mass is 35.5. The molecule has 28 heavy (non-hydrogen) atoms. The number of aromatic hydroxyl groups is 1. The number of alkyl halides is 3. The molecule has 0 aliphatic carbocycles. The number of nitrogens with zero attached hydrogens (tertiary/aromatic N) is 1. The van der Waals surface area contributed by atoms with E-state index < -0.39 is 6.36 Å². The summed E-state index contributed by atoms with van der Waals surface area (Å²) in [5, 5.41) is 13.4. The second kappa shape index (κ2) is 8.46. The maximum absolute atomic E-state index is 12.4. The van der Waals surface area contributed by atoms with Gasteiger partial charge in [-0.25, -0.2) is 0 Å². The SMILES string of the molecule is COc1cc([C@@H](c2ccc(OC(F)(F)F)cc2)N2CCNCC2)cc(Cl)c1O. The smallest absolute Gasteiger partial charge is 0.503 e. The average molecular weight is 417 g/mol. The highest BCUT2D eigenvalue weighted by Crippen LogP contribution is 2.40. The third-order valence-corrected chi connectivity index (χ3v) is 4.82. The van der Waals surface area contributed by atoms with E-state index in [-0.39, 0.29) is 28.3 Å². The minimum Gasteiger partial charge on any atom is -0.503 e. The van der Waals surface area contributed by atoms with Crippen molar-refractivity contribution in [3.63, 3.8) is 0 Å². The summed E-state index contributed by atoms with van der Waals surface area (Å²) in [6.07, 6.45) is -4.74. The molecule has 152 valence electrons. The van der Waals surface area contributed by atoms with E-state index in [1.165, 1.54) is 19.2 Å². The van der Waals surface area contributed by atoms with Crippen molar-refractivity contribution < 1.29 is 27.8 Å². The van der Waals surface area contributed by atoms with Crippen molar-refractivity contribution in [2.75, 3.05) is 33.3 Å². The molecule has 0 aromatic heterocycles. The van der Waals surface area contributed by atoms with Gasteiger partial charge in [-0.2, -0.15) is 0 Å². The minimum atomic E-state index is -4.74. The first-order valence-electron chi connectivity index (χ1n) is 8.65. The molecule has 2 aromatic carbocycles. The number of hydrogen-bond donors (Lipinski definition) is 2. The van der Waals surface area contributed by atoms with Gasteiger partial charge >= 0.3 is 6.36 Å². The Labute approximate surface area is 165 Å². The molecule has 0 bridgehead atoms. The van der Waals surface area contributed by atoms with Gasteiger partial charge in [-0.1, -0.05) is 23.7 Å². The van der Waals surface area contributed by atoms with Gasteiger partial charge < -0.3 is 19.9 Å². The second-order valence-electron chi connectivity index (χ2n) is 6.36. The maximum atomic E-state index is 12.4. The first-order chi connectivity index (χ1) is 13.3. The molecular weight excluding hydrogens is 397 g/mol. The number of hydrogen-bond acceptors (Lipinski definition) is 5. The summed E-state index contributed by atoms with van der Waals surface area (Å²) in [5.41, 5.74) is 1.55. The summed E-state index contributed by atoms with van der Waals surface area (Å²) in [6.45, 7) is 3.06. The standard InChI is InChI=1S/C19H20ClF3N2O3/c1-27-16-11-13(10-15(20)18(16)26)17(25-8-6-24-7-9-25)12-2-4-14(5-3-12)28-19(21,22)23/h2-5,10-11,17,24,26H,6-9H2,1H3/t17-/m1/s1. The lowest BCUT2D eigenvalue weighted by Gasteiger charge is -2.36. The van der Waals surface area contributed by atoms with Crippen LogP contribution in [0.1, 0.15) is 17.2 Å². The van der Waals surface area contributed by atoms with E-state index in [0.717, 1.165) is 37.3 Å². The van der Waals surface area contributed by atoms with Crippen LogP contribution in [0.5, 0.6) is 17.2 Å². The molecule has 1 saturated heterocycles. The largest absolute Gasteiger partial charge is 0.573 e. The topological polar surface area (TPSA) is 54.0 Å². The van der Waals surface area contributed by atoms with Crippen molar-refractivity contribution in [2.45, 2.75) is 12.4 Å². The molecule has 0 radical (unpaired) electrons. The van der Waals surface area contributed by atoms with Crippen LogP contribution in [0.4, 0.5) is 13.2 Å². The minimum absolute atomic E-state index is 0.145. The number of nitrogens with one attached hydrogen (secondary N) is 1. The summed E-state index contributed by atoms with van der Waals surface area (Å²) in [5.74, 6) is -0.197. The molecule has 9 heteroatoms. The van der Waals surface area contributed by atoms with E-state index in [9.17, 15) is 18.3 Å². The molecule has 1 aliphatic heterocycles. The molecule has 1 atom stereocenters. The lowest BCUT2D eigenvalue weighted by molar-refractivity contribution is -0.274. The van der Waals surface area contributed by atoms with Crippen molar-refractivity contribution in [3.05, 3.63) is 52.5 Å². The van der Waals surface area contributed by atoms with Crippen LogP contribution in [0.3, 0.4) is 0 Å². The van der Waals surface area contributed by atoms with Gasteiger partial charge in [0.1, 0.15) is 5.75 Å². The molecule has 0 saturated carbocycles. The Balaban J connectivity index is 1.99. The summed E-state index contributed by atoms with van der Waals surface area (Å²) in [4.78, 5) is 2.19. The van der Waals surface area contributed by atoms with Crippen LogP contribution < -0.4 is 14.8 Å². The second-order valence-corrected chi connectivity index (χ2v) is 6.77. The number of rotatable bonds is 5. The van der Waals surface area contributed by atoms with Crippen molar-refractivity contribution in [1.82, 2.24) is 10.2 Å². The van der Waals surface area contributed by atoms with Gasteiger partial charge in [-0.05, 0) is 35.4 Å². The normalized spacial score (nSPS) is 16.6. The monoisotopic (exact) mass is 416 g/mol. The molecule has 2 N–H and O–H groups in total. The van der Waals surface area contributed by atoms with Crippen LogP contribution in [-0.2, 0) is 0 Å². The fraction of sp³-hybridized carbons (Fsp3) is 0.368. The predicted octanol–water partition coefficient (Wildman–Crippen LogP) is 3.95. The summed E-state index contributed by atoms with van der Waals surface area (Å²) in [7, 11) is 1.43. The van der Waals surface area contributed by atoms with E-state index in [0.29, 0.717) is 0 Å². The van der Waals surface area contributed by atoms with Gasteiger partial charge in [0, 0.05) is 26.2 Å². The number of piperazine rings is 1. The van der Waals surface area contributed by atoms with Crippen molar-refractivity contribution >= 4 is 11.6 Å². The van der Waals surface area contributed by atoms with E-state index in [1.807, 2.05) is 0 Å². The van der Waals surface area contributed by atoms with Gasteiger partial charge in [0.15, 0.2) is 11.5 Å². The number of phenolic OH excluding ortho intramolecular Hbond substituents is 1. The Bertz CT molecular complexity index is 809. The Kier molecular flexibility index (Phi) is 6.22. The lowest BCUT2D eigenvalue weighted by atomic mass is 9.96. The first-order valence-corrected chi connectivity index (χ1v) is 9.03. The van der Waals surface area contributed by atoms with E-state index >= 15 is 0 Å². The summed E-state index contributed by atoms with van der Waals surface area (Å²) in [6, 6.07) is 8.84. The van der Waals surface area contributed by atoms with E-state index in [4.69, 9.17) is 16.3 Å². The zero-order valence-corrected chi connectivity index (χ0v) is 15.8. The first kappa shape index (κ1) is 20.6. The quantitative estimate of drug-likeness (QED) is 0.773. The number of halogens is 4. The Morgan fingerprint density at radius 3 is 2.32 bits per heavy atom. The summed E-state index contributed by atoms with van der Waals surface area (Å²) < 4.78 is 46.5. The van der Waals surface area contributed by atoms with Gasteiger partial charge in [0.25, 0.3) is 0 Å². The van der Waals surface area contributed by atoms with Crippen LogP contribution in [0.2, 0.25) is 5.02 Å². The number of phenols is 1. The number of benzene rings is 2. The molecular formula is C19H20ClF3N2O3. The molecule has 2 aromatic rings. The summed E-state index contributed by atoms with van der Waals surface area (Å²) >= 11 is 6.16. The number of ether oxygens (including phenoxy) is 2. The number of methoxy groups -OCH3 is 1. The molecule has 0 unspecified atom stereocenters. The Morgan fingerprint density at radius 2 is 1.75 bits per heavy atom. The highest BCUT2D eigenvalue weighted by molar-refractivity contribution is 6.32. The van der Waals surface area contributed by atoms with Crippen LogP contribution in [0.25, 0.3) is 0 Å². The van der Waals surface area contributed by atoms with Crippen molar-refractivity contribution in [3.8, 4) is 17.2 Å². The lowest BCUT2D eigenvalue weighted by Crippen LogP contribution is -2.45. The molecule has 3 rings (SSSR count). The molecule has 0 spiro atoms. The van der Waals surface area contributed by atoms with Crippen molar-refractivity contribution in [1.29, 1.82) is 0 Å². The third-order valence-electron chi connectivity index (χ3n) is 4.53. The third kappa shape index (κ3) is 4.81. The van der Waals surface area contributed by atoms with Crippen LogP contribution in [0, 0.1) is 0 Å². The van der Waals surface area contributed by atoms with Crippen LogP contribution in [0.15, 0.2) is 36.4 Å². The molecule has 1 fully saturated rings. The Hall–Kier alpha value is -2.16. The van der Waals surface area contributed by atoms with Gasteiger partial charge in [-0.15, -0.1) is 13.2 Å². The zero-order chi connectivity index (χ0) is 20.3. The zero-order valence-electron chi connectivity index (χ0n) is 15.1. The molecule has 5 nitrogen and oxygen atoms in total. The molecule has 1 aliphatic rings. The van der Waals surface area contributed by atoms with Gasteiger partial charge in [0.05, 0.1) is 18.2 Å². The van der Waals surface area contributed by atoms with Crippen LogP contribution >= 0.6 is 11.6 Å². The average Bonchev–Trinajstić information content (AvgIpc) is 2.65. The van der Waals surface area contributed by atoms with Crippen molar-refractivity contribution in [2.24, 2.45) is 0 Å². The highest BCUT2D eigenvalue weighted by Gasteiger charge is 2.31. The van der Waals surface area contributed by atoms with Crippen LogP contribution in [-0.4, -0.2) is 49.7 Å². The Morgan fingerprint density at radius 1 is 1.11 bits per heavy atom. The van der Waals surface area contributed by atoms with Gasteiger partial charge in [-0.3, -0.25) is 4.90 Å². The van der Waals surface area contributed by atoms with E-state index in [2.05, 4.69) is 15.0 Å². The van der Waals surface area contributed by atoms with Gasteiger partial charge in [0.2, 0.25) is 0 Å². The maximum Gasteiger partial charge on any atom is 0.573 e. The molecule has 0 amide bonds.